The molecular weight excluding hydrogens is 354 g/mol. The average Bonchev–Trinajstić information content (AvgIpc) is 2.50. The molecule has 1 heterocycles. The maximum atomic E-state index is 11.9. The van der Waals surface area contributed by atoms with Crippen LogP contribution in [-0.4, -0.2) is 16.1 Å². The Morgan fingerprint density at radius 2 is 2.05 bits per heavy atom. The molecule has 0 fully saturated rings. The zero-order chi connectivity index (χ0) is 16.1. The van der Waals surface area contributed by atoms with Crippen LogP contribution in [0.25, 0.3) is 0 Å². The van der Waals surface area contributed by atoms with Crippen molar-refractivity contribution in [2.75, 3.05) is 6.61 Å². The first kappa shape index (κ1) is 15.7. The van der Waals surface area contributed by atoms with E-state index in [1.54, 1.807) is 18.2 Å². The van der Waals surface area contributed by atoms with Gasteiger partial charge in [-0.1, -0.05) is 15.9 Å². The standard InChI is InChI=1S/C14H10BrN3O4/c15-11-1-3-13(4-2-11)22-6-5-17-9-12(18(20)21)7-10(8-16)14(17)19/h1-4,7,9H,5-6H2. The Labute approximate surface area is 133 Å². The number of nitro groups is 1. The van der Waals surface area contributed by atoms with Crippen molar-refractivity contribution in [3.05, 3.63) is 67.0 Å². The number of aromatic nitrogens is 1. The fraction of sp³-hybridized carbons (Fsp3) is 0.143. The molecule has 1 aromatic carbocycles. The minimum Gasteiger partial charge on any atom is -0.492 e. The van der Waals surface area contributed by atoms with E-state index in [4.69, 9.17) is 10.00 Å². The maximum absolute atomic E-state index is 11.9. The normalized spacial score (nSPS) is 10.0. The van der Waals surface area contributed by atoms with Gasteiger partial charge in [0.15, 0.2) is 0 Å². The quantitative estimate of drug-likeness (QED) is 0.600. The summed E-state index contributed by atoms with van der Waals surface area (Å²) in [6.45, 7) is 0.249. The summed E-state index contributed by atoms with van der Waals surface area (Å²) in [7, 11) is 0. The van der Waals surface area contributed by atoms with Gasteiger partial charge in [0.05, 0.1) is 17.7 Å². The number of nitrogens with zero attached hydrogens (tertiary/aromatic N) is 3. The first-order valence-corrected chi connectivity index (χ1v) is 6.98. The lowest BCUT2D eigenvalue weighted by Gasteiger charge is -2.08. The number of pyridine rings is 1. The molecule has 0 saturated carbocycles. The Morgan fingerprint density at radius 1 is 1.36 bits per heavy atom. The molecule has 0 aliphatic carbocycles. The van der Waals surface area contributed by atoms with E-state index < -0.39 is 10.5 Å². The van der Waals surface area contributed by atoms with Crippen molar-refractivity contribution in [2.24, 2.45) is 0 Å². The molecule has 0 radical (unpaired) electrons. The van der Waals surface area contributed by atoms with Crippen molar-refractivity contribution in [1.82, 2.24) is 4.57 Å². The van der Waals surface area contributed by atoms with Gasteiger partial charge in [-0.2, -0.15) is 5.26 Å². The first-order chi connectivity index (χ1) is 10.5. The van der Waals surface area contributed by atoms with Crippen molar-refractivity contribution in [3.8, 4) is 11.8 Å². The Kier molecular flexibility index (Phi) is 4.91. The SMILES string of the molecule is N#Cc1cc([N+](=O)[O-])cn(CCOc2ccc(Br)cc2)c1=O. The molecule has 112 valence electrons. The van der Waals surface area contributed by atoms with Crippen LogP contribution >= 0.6 is 15.9 Å². The van der Waals surface area contributed by atoms with Crippen LogP contribution in [0.15, 0.2) is 45.8 Å². The minimum absolute atomic E-state index is 0.102. The molecule has 0 aliphatic rings. The highest BCUT2D eigenvalue weighted by Crippen LogP contribution is 2.16. The number of nitriles is 1. The third-order valence-corrected chi connectivity index (χ3v) is 3.35. The van der Waals surface area contributed by atoms with E-state index in [0.29, 0.717) is 5.75 Å². The predicted octanol–water partition coefficient (Wildman–Crippen LogP) is 2.47. The summed E-state index contributed by atoms with van der Waals surface area (Å²) in [6, 6.07) is 9.75. The predicted molar refractivity (Wildman–Crippen MR) is 81.7 cm³/mol. The van der Waals surface area contributed by atoms with E-state index in [2.05, 4.69) is 15.9 Å². The maximum Gasteiger partial charge on any atom is 0.287 e. The molecule has 2 aromatic rings. The van der Waals surface area contributed by atoms with Gasteiger partial charge in [-0.25, -0.2) is 0 Å². The lowest BCUT2D eigenvalue weighted by molar-refractivity contribution is -0.385. The molecule has 0 N–H and O–H groups in total. The Balaban J connectivity index is 2.14. The van der Waals surface area contributed by atoms with E-state index in [1.165, 1.54) is 0 Å². The molecule has 0 unspecified atom stereocenters. The molecule has 22 heavy (non-hydrogen) atoms. The molecule has 0 bridgehead atoms. The Hall–Kier alpha value is -2.66. The molecule has 2 rings (SSSR count). The first-order valence-electron chi connectivity index (χ1n) is 6.18. The smallest absolute Gasteiger partial charge is 0.287 e. The number of benzene rings is 1. The van der Waals surface area contributed by atoms with Crippen LogP contribution in [0.2, 0.25) is 0 Å². The van der Waals surface area contributed by atoms with Crippen molar-refractivity contribution in [3.63, 3.8) is 0 Å². The van der Waals surface area contributed by atoms with Crippen molar-refractivity contribution in [1.29, 1.82) is 5.26 Å². The van der Waals surface area contributed by atoms with E-state index in [-0.39, 0.29) is 24.4 Å². The average molecular weight is 364 g/mol. The van der Waals surface area contributed by atoms with Gasteiger partial charge in [0.25, 0.3) is 11.2 Å². The largest absolute Gasteiger partial charge is 0.492 e. The monoisotopic (exact) mass is 363 g/mol. The molecule has 0 atom stereocenters. The van der Waals surface area contributed by atoms with Gasteiger partial charge in [-0.05, 0) is 24.3 Å². The van der Waals surface area contributed by atoms with Gasteiger partial charge in [0.2, 0.25) is 0 Å². The number of hydrogen-bond acceptors (Lipinski definition) is 5. The summed E-state index contributed by atoms with van der Waals surface area (Å²) < 4.78 is 7.48. The summed E-state index contributed by atoms with van der Waals surface area (Å²) in [4.78, 5) is 22.1. The van der Waals surface area contributed by atoms with E-state index >= 15 is 0 Å². The lowest BCUT2D eigenvalue weighted by atomic mass is 10.2. The van der Waals surface area contributed by atoms with E-state index in [1.807, 2.05) is 12.1 Å². The number of hydrogen-bond donors (Lipinski definition) is 0. The minimum atomic E-state index is -0.646. The second-order valence-corrected chi connectivity index (χ2v) is 5.20. The van der Waals surface area contributed by atoms with Gasteiger partial charge in [0.1, 0.15) is 24.0 Å². The summed E-state index contributed by atoms with van der Waals surface area (Å²) >= 11 is 3.30. The number of halogens is 1. The second-order valence-electron chi connectivity index (χ2n) is 4.28. The van der Waals surface area contributed by atoms with Crippen molar-refractivity contribution in [2.45, 2.75) is 6.54 Å². The van der Waals surface area contributed by atoms with Gasteiger partial charge in [0, 0.05) is 10.5 Å². The van der Waals surface area contributed by atoms with Crippen LogP contribution in [0, 0.1) is 21.4 Å². The van der Waals surface area contributed by atoms with Gasteiger partial charge in [-0.3, -0.25) is 14.9 Å². The number of rotatable bonds is 5. The molecule has 0 spiro atoms. The van der Waals surface area contributed by atoms with Crippen LogP contribution in [0.1, 0.15) is 5.56 Å². The third-order valence-electron chi connectivity index (χ3n) is 2.82. The molecule has 0 saturated heterocycles. The zero-order valence-electron chi connectivity index (χ0n) is 11.2. The van der Waals surface area contributed by atoms with Crippen LogP contribution in [0.5, 0.6) is 5.75 Å². The number of ether oxygens (including phenoxy) is 1. The second kappa shape index (κ2) is 6.87. The van der Waals surface area contributed by atoms with Crippen LogP contribution in [0.4, 0.5) is 5.69 Å². The fourth-order valence-corrected chi connectivity index (χ4v) is 2.02. The topological polar surface area (TPSA) is 98.2 Å². The van der Waals surface area contributed by atoms with E-state index in [0.717, 1.165) is 21.3 Å². The summed E-state index contributed by atoms with van der Waals surface area (Å²) in [5, 5.41) is 19.7. The summed E-state index contributed by atoms with van der Waals surface area (Å²) in [5.41, 5.74) is -1.15. The summed E-state index contributed by atoms with van der Waals surface area (Å²) in [5.74, 6) is 0.613. The van der Waals surface area contributed by atoms with Gasteiger partial charge >= 0.3 is 0 Å². The van der Waals surface area contributed by atoms with Crippen molar-refractivity contribution < 1.29 is 9.66 Å². The Bertz CT molecular complexity index is 793. The van der Waals surface area contributed by atoms with Crippen LogP contribution in [0.3, 0.4) is 0 Å². The van der Waals surface area contributed by atoms with E-state index in [9.17, 15) is 14.9 Å². The van der Waals surface area contributed by atoms with Gasteiger partial charge < -0.3 is 9.30 Å². The molecule has 7 nitrogen and oxygen atoms in total. The highest BCUT2D eigenvalue weighted by atomic mass is 79.9. The molecular formula is C14H10BrN3O4. The highest BCUT2D eigenvalue weighted by molar-refractivity contribution is 9.10. The lowest BCUT2D eigenvalue weighted by Crippen LogP contribution is -2.25. The molecule has 1 aromatic heterocycles. The summed E-state index contributed by atoms with van der Waals surface area (Å²) in [6.07, 6.45) is 1.11. The molecule has 8 heteroatoms. The Morgan fingerprint density at radius 3 is 2.64 bits per heavy atom. The van der Waals surface area contributed by atoms with Gasteiger partial charge in [-0.15, -0.1) is 0 Å². The zero-order valence-corrected chi connectivity index (χ0v) is 12.8. The van der Waals surface area contributed by atoms with Crippen molar-refractivity contribution >= 4 is 21.6 Å². The highest BCUT2D eigenvalue weighted by Gasteiger charge is 2.13. The van der Waals surface area contributed by atoms with Crippen LogP contribution < -0.4 is 10.3 Å². The third kappa shape index (κ3) is 3.71. The fourth-order valence-electron chi connectivity index (χ4n) is 1.76. The molecule has 0 aliphatic heterocycles. The molecule has 0 amide bonds. The van der Waals surface area contributed by atoms with Crippen LogP contribution in [-0.2, 0) is 6.54 Å².